The summed E-state index contributed by atoms with van der Waals surface area (Å²) in [6, 6.07) is 7.03. The molecule has 0 aliphatic rings. The molecular weight excluding hydrogens is 180 g/mol. The van der Waals surface area contributed by atoms with E-state index in [1.807, 2.05) is 6.07 Å². The second-order valence-electron chi connectivity index (χ2n) is 3.09. The maximum Gasteiger partial charge on any atom is 0.234 e. The number of hydrogen-bond donors (Lipinski definition) is 2. The molecule has 14 heavy (non-hydrogen) atoms. The molecule has 0 aromatic heterocycles. The second-order valence-corrected chi connectivity index (χ2v) is 3.09. The number of hydrogen-bond acceptors (Lipinski definition) is 2. The van der Waals surface area contributed by atoms with Crippen LogP contribution in [0.1, 0.15) is 17.0 Å². The average Bonchev–Trinajstić information content (AvgIpc) is 2.07. The van der Waals surface area contributed by atoms with E-state index >= 15 is 0 Å². The summed E-state index contributed by atoms with van der Waals surface area (Å²) in [7, 11) is 0. The quantitative estimate of drug-likeness (QED) is 0.663. The molecule has 1 aromatic rings. The van der Waals surface area contributed by atoms with E-state index in [9.17, 15) is 9.59 Å². The highest BCUT2D eigenvalue weighted by molar-refractivity contribution is 6.04. The van der Waals surface area contributed by atoms with Crippen molar-refractivity contribution in [3.8, 4) is 0 Å². The molecule has 0 bridgehead atoms. The van der Waals surface area contributed by atoms with Crippen molar-refractivity contribution in [1.82, 2.24) is 0 Å². The minimum absolute atomic E-state index is 0.576. The zero-order valence-corrected chi connectivity index (χ0v) is 7.86. The molecule has 0 aliphatic heterocycles. The van der Waals surface area contributed by atoms with Crippen molar-refractivity contribution in [3.63, 3.8) is 0 Å². The van der Waals surface area contributed by atoms with Crippen molar-refractivity contribution in [1.29, 1.82) is 0 Å². The van der Waals surface area contributed by atoms with Gasteiger partial charge in [0.25, 0.3) is 0 Å². The summed E-state index contributed by atoms with van der Waals surface area (Å²) < 4.78 is 0. The Bertz CT molecular complexity index is 360. The molecule has 0 spiro atoms. The summed E-state index contributed by atoms with van der Waals surface area (Å²) in [6.45, 7) is 1.80. The lowest BCUT2D eigenvalue weighted by atomic mass is 9.94. The Morgan fingerprint density at radius 3 is 2.07 bits per heavy atom. The Labute approximate surface area is 81.9 Å². The number of benzene rings is 1. The van der Waals surface area contributed by atoms with Gasteiger partial charge in [-0.15, -0.1) is 0 Å². The van der Waals surface area contributed by atoms with Gasteiger partial charge >= 0.3 is 0 Å². The van der Waals surface area contributed by atoms with E-state index in [4.69, 9.17) is 11.5 Å². The number of nitrogens with two attached hydrogens (primary N) is 2. The van der Waals surface area contributed by atoms with Crippen molar-refractivity contribution in [2.24, 2.45) is 11.5 Å². The van der Waals surface area contributed by atoms with Crippen LogP contribution in [-0.4, -0.2) is 11.8 Å². The Morgan fingerprint density at radius 2 is 1.64 bits per heavy atom. The molecule has 0 saturated heterocycles. The number of amides is 2. The molecule has 1 aromatic carbocycles. The van der Waals surface area contributed by atoms with E-state index in [2.05, 4.69) is 0 Å². The van der Waals surface area contributed by atoms with Gasteiger partial charge in [0.2, 0.25) is 11.8 Å². The fraction of sp³-hybridized carbons (Fsp3) is 0.200. The maximum atomic E-state index is 11.0. The highest BCUT2D eigenvalue weighted by atomic mass is 16.2. The Kier molecular flexibility index (Phi) is 2.86. The number of carbonyl (C=O) groups excluding carboxylic acids is 2. The summed E-state index contributed by atoms with van der Waals surface area (Å²) >= 11 is 0. The van der Waals surface area contributed by atoms with Crippen molar-refractivity contribution >= 4 is 11.8 Å². The van der Waals surface area contributed by atoms with Crippen LogP contribution in [0.2, 0.25) is 0 Å². The number of rotatable bonds is 3. The monoisotopic (exact) mass is 192 g/mol. The van der Waals surface area contributed by atoms with Crippen LogP contribution < -0.4 is 11.5 Å². The smallest absolute Gasteiger partial charge is 0.234 e. The lowest BCUT2D eigenvalue weighted by Gasteiger charge is -2.11. The maximum absolute atomic E-state index is 11.0. The fourth-order valence-corrected chi connectivity index (χ4v) is 1.36. The summed E-state index contributed by atoms with van der Waals surface area (Å²) in [5.41, 5.74) is 11.6. The summed E-state index contributed by atoms with van der Waals surface area (Å²) in [5.74, 6) is -2.46. The van der Waals surface area contributed by atoms with Gasteiger partial charge in [-0.1, -0.05) is 24.3 Å². The molecule has 0 unspecified atom stereocenters. The Hall–Kier alpha value is -1.84. The first-order valence-corrected chi connectivity index (χ1v) is 4.18. The molecule has 1 rings (SSSR count). The van der Waals surface area contributed by atoms with Crippen LogP contribution in [0.5, 0.6) is 0 Å². The number of aryl methyl sites for hydroxylation is 1. The van der Waals surface area contributed by atoms with Gasteiger partial charge in [-0.25, -0.2) is 0 Å². The Balaban J connectivity index is 3.18. The first kappa shape index (κ1) is 10.2. The minimum Gasteiger partial charge on any atom is -0.369 e. The molecule has 74 valence electrons. The van der Waals surface area contributed by atoms with Crippen LogP contribution in [0.25, 0.3) is 0 Å². The van der Waals surface area contributed by atoms with Crippen LogP contribution in [0, 0.1) is 6.92 Å². The van der Waals surface area contributed by atoms with Crippen molar-refractivity contribution in [3.05, 3.63) is 35.4 Å². The van der Waals surface area contributed by atoms with E-state index in [0.29, 0.717) is 5.56 Å². The molecule has 0 aliphatic carbocycles. The largest absolute Gasteiger partial charge is 0.369 e. The third-order valence-electron chi connectivity index (χ3n) is 2.07. The van der Waals surface area contributed by atoms with Crippen LogP contribution in [-0.2, 0) is 9.59 Å². The van der Waals surface area contributed by atoms with Crippen molar-refractivity contribution in [2.45, 2.75) is 12.8 Å². The minimum atomic E-state index is -1.03. The summed E-state index contributed by atoms with van der Waals surface area (Å²) in [4.78, 5) is 22.0. The molecule has 4 N–H and O–H groups in total. The van der Waals surface area contributed by atoms with Gasteiger partial charge < -0.3 is 11.5 Å². The molecule has 0 heterocycles. The third kappa shape index (κ3) is 1.90. The normalized spacial score (nSPS) is 10.1. The zero-order valence-electron chi connectivity index (χ0n) is 7.86. The van der Waals surface area contributed by atoms with Gasteiger partial charge in [0.1, 0.15) is 5.92 Å². The molecule has 4 nitrogen and oxygen atoms in total. The first-order chi connectivity index (χ1) is 6.54. The topological polar surface area (TPSA) is 86.2 Å². The van der Waals surface area contributed by atoms with Crippen LogP contribution in [0.15, 0.2) is 24.3 Å². The highest BCUT2D eigenvalue weighted by Gasteiger charge is 2.24. The molecule has 2 amide bonds. The highest BCUT2D eigenvalue weighted by Crippen LogP contribution is 2.18. The van der Waals surface area contributed by atoms with Crippen LogP contribution in [0.3, 0.4) is 0 Å². The lowest BCUT2D eigenvalue weighted by Crippen LogP contribution is -2.33. The van der Waals surface area contributed by atoms with Gasteiger partial charge in [-0.05, 0) is 18.1 Å². The Morgan fingerprint density at radius 1 is 1.14 bits per heavy atom. The number of carbonyl (C=O) groups is 2. The van der Waals surface area contributed by atoms with Gasteiger partial charge in [-0.3, -0.25) is 9.59 Å². The van der Waals surface area contributed by atoms with Gasteiger partial charge in [0, 0.05) is 0 Å². The van der Waals surface area contributed by atoms with E-state index in [-0.39, 0.29) is 0 Å². The van der Waals surface area contributed by atoms with E-state index in [0.717, 1.165) is 5.56 Å². The predicted octanol–water partition coefficient (Wildman–Crippen LogP) is 0.0492. The lowest BCUT2D eigenvalue weighted by molar-refractivity contribution is -0.128. The predicted molar refractivity (Wildman–Crippen MR) is 52.3 cm³/mol. The summed E-state index contributed by atoms with van der Waals surface area (Å²) in [6.07, 6.45) is 0. The van der Waals surface area contributed by atoms with Gasteiger partial charge in [0.15, 0.2) is 0 Å². The fourth-order valence-electron chi connectivity index (χ4n) is 1.36. The molecule has 0 radical (unpaired) electrons. The molecule has 4 heteroatoms. The van der Waals surface area contributed by atoms with E-state index < -0.39 is 17.7 Å². The third-order valence-corrected chi connectivity index (χ3v) is 2.07. The van der Waals surface area contributed by atoms with Crippen molar-refractivity contribution < 1.29 is 9.59 Å². The zero-order chi connectivity index (χ0) is 10.7. The molecule has 0 atom stereocenters. The molecular formula is C10H12N2O2. The van der Waals surface area contributed by atoms with E-state index in [1.165, 1.54) is 0 Å². The molecule has 0 saturated carbocycles. The van der Waals surface area contributed by atoms with Crippen molar-refractivity contribution in [2.75, 3.05) is 0 Å². The van der Waals surface area contributed by atoms with Gasteiger partial charge in [-0.2, -0.15) is 0 Å². The number of primary amides is 2. The first-order valence-electron chi connectivity index (χ1n) is 4.18. The summed E-state index contributed by atoms with van der Waals surface area (Å²) in [5, 5.41) is 0. The average molecular weight is 192 g/mol. The SMILES string of the molecule is Cc1ccccc1C(C(N)=O)C(N)=O. The van der Waals surface area contributed by atoms with Gasteiger partial charge in [0.05, 0.1) is 0 Å². The second kappa shape index (κ2) is 3.91. The molecule has 0 fully saturated rings. The standard InChI is InChI=1S/C10H12N2O2/c1-6-4-2-3-5-7(6)8(9(11)13)10(12)14/h2-5,8H,1H3,(H2,11,13)(H2,12,14). The van der Waals surface area contributed by atoms with Crippen LogP contribution >= 0.6 is 0 Å². The van der Waals surface area contributed by atoms with E-state index in [1.54, 1.807) is 25.1 Å². The van der Waals surface area contributed by atoms with Crippen LogP contribution in [0.4, 0.5) is 0 Å².